The van der Waals surface area contributed by atoms with Crippen LogP contribution in [-0.2, 0) is 6.61 Å². The minimum Gasteiger partial charge on any atom is -0.497 e. The van der Waals surface area contributed by atoms with Gasteiger partial charge in [-0.2, -0.15) is 0 Å². The molecule has 0 spiro atoms. The zero-order chi connectivity index (χ0) is 12.8. The third kappa shape index (κ3) is 3.13. The molecule has 0 fully saturated rings. The van der Waals surface area contributed by atoms with E-state index in [1.54, 1.807) is 13.3 Å². The Hall–Kier alpha value is -2.23. The second kappa shape index (κ2) is 5.91. The molecule has 0 saturated carbocycles. The molecule has 2 rings (SSSR count). The molecular weight excluding hydrogens is 228 g/mol. The minimum atomic E-state index is 0.490. The summed E-state index contributed by atoms with van der Waals surface area (Å²) < 4.78 is 10.8. The average Bonchev–Trinajstić information content (AvgIpc) is 2.46. The van der Waals surface area contributed by atoms with Crippen molar-refractivity contribution in [3.8, 4) is 11.5 Å². The summed E-state index contributed by atoms with van der Waals surface area (Å²) in [5, 5.41) is 2.97. The lowest BCUT2D eigenvalue weighted by atomic mass is 10.3. The monoisotopic (exact) mass is 244 g/mol. The van der Waals surface area contributed by atoms with Crippen LogP contribution in [0.2, 0.25) is 0 Å². The zero-order valence-electron chi connectivity index (χ0n) is 10.5. The number of hydrogen-bond acceptors (Lipinski definition) is 4. The maximum atomic E-state index is 5.67. The number of nitrogens with one attached hydrogen (secondary N) is 1. The molecule has 0 saturated heterocycles. The topological polar surface area (TPSA) is 43.4 Å². The Labute approximate surface area is 107 Å². The summed E-state index contributed by atoms with van der Waals surface area (Å²) >= 11 is 0. The van der Waals surface area contributed by atoms with Crippen LogP contribution in [0, 0.1) is 0 Å². The molecule has 0 atom stereocenters. The Morgan fingerprint density at radius 2 is 2.00 bits per heavy atom. The molecule has 2 aromatic rings. The highest BCUT2D eigenvalue weighted by molar-refractivity contribution is 5.35. The number of benzene rings is 1. The van der Waals surface area contributed by atoms with E-state index in [4.69, 9.17) is 9.47 Å². The lowest BCUT2D eigenvalue weighted by Crippen LogP contribution is -1.98. The predicted molar refractivity (Wildman–Crippen MR) is 71.1 cm³/mol. The van der Waals surface area contributed by atoms with Crippen molar-refractivity contribution >= 4 is 5.82 Å². The van der Waals surface area contributed by atoms with E-state index in [0.29, 0.717) is 6.61 Å². The van der Waals surface area contributed by atoms with Gasteiger partial charge in [0.15, 0.2) is 0 Å². The van der Waals surface area contributed by atoms with Crippen molar-refractivity contribution in [1.82, 2.24) is 4.98 Å². The van der Waals surface area contributed by atoms with Gasteiger partial charge in [0.1, 0.15) is 23.9 Å². The van der Waals surface area contributed by atoms with Crippen LogP contribution in [0.4, 0.5) is 5.82 Å². The highest BCUT2D eigenvalue weighted by Gasteiger charge is 1.99. The summed E-state index contributed by atoms with van der Waals surface area (Å²) in [6, 6.07) is 11.4. The first kappa shape index (κ1) is 12.2. The Kier molecular flexibility index (Phi) is 4.02. The molecule has 0 aliphatic rings. The second-order valence-corrected chi connectivity index (χ2v) is 3.77. The molecule has 18 heavy (non-hydrogen) atoms. The van der Waals surface area contributed by atoms with Crippen LogP contribution in [0.5, 0.6) is 11.5 Å². The third-order valence-corrected chi connectivity index (χ3v) is 2.53. The van der Waals surface area contributed by atoms with E-state index >= 15 is 0 Å². The maximum Gasteiger partial charge on any atom is 0.125 e. The van der Waals surface area contributed by atoms with Crippen molar-refractivity contribution in [2.45, 2.75) is 6.61 Å². The van der Waals surface area contributed by atoms with Crippen LogP contribution in [0.25, 0.3) is 0 Å². The molecule has 1 N–H and O–H groups in total. The van der Waals surface area contributed by atoms with Crippen molar-refractivity contribution in [3.05, 3.63) is 48.2 Å². The van der Waals surface area contributed by atoms with Gasteiger partial charge in [-0.15, -0.1) is 0 Å². The van der Waals surface area contributed by atoms with Crippen LogP contribution in [0.1, 0.15) is 5.56 Å². The number of pyridine rings is 1. The van der Waals surface area contributed by atoms with Gasteiger partial charge < -0.3 is 14.8 Å². The Morgan fingerprint density at radius 3 is 2.67 bits per heavy atom. The normalized spacial score (nSPS) is 9.89. The van der Waals surface area contributed by atoms with Crippen LogP contribution in [0.3, 0.4) is 0 Å². The molecule has 0 radical (unpaired) electrons. The molecule has 4 heteroatoms. The molecule has 1 aromatic heterocycles. The van der Waals surface area contributed by atoms with Crippen LogP contribution < -0.4 is 14.8 Å². The van der Waals surface area contributed by atoms with Crippen LogP contribution >= 0.6 is 0 Å². The molecule has 0 aliphatic heterocycles. The van der Waals surface area contributed by atoms with E-state index in [1.807, 2.05) is 43.4 Å². The Balaban J connectivity index is 1.97. The van der Waals surface area contributed by atoms with Gasteiger partial charge in [-0.3, -0.25) is 0 Å². The smallest absolute Gasteiger partial charge is 0.125 e. The SMILES string of the molecule is CNc1ccc(COc2cccc(OC)c2)cn1. The first-order valence-electron chi connectivity index (χ1n) is 5.71. The fourth-order valence-electron chi connectivity index (χ4n) is 1.52. The molecule has 94 valence electrons. The number of hydrogen-bond donors (Lipinski definition) is 1. The van der Waals surface area contributed by atoms with E-state index in [2.05, 4.69) is 10.3 Å². The van der Waals surface area contributed by atoms with Gasteiger partial charge in [0.25, 0.3) is 0 Å². The summed E-state index contributed by atoms with van der Waals surface area (Å²) in [7, 11) is 3.48. The van der Waals surface area contributed by atoms with Crippen LogP contribution in [-0.4, -0.2) is 19.1 Å². The van der Waals surface area contributed by atoms with Crippen molar-refractivity contribution < 1.29 is 9.47 Å². The van der Waals surface area contributed by atoms with E-state index in [1.165, 1.54) is 0 Å². The predicted octanol–water partition coefficient (Wildman–Crippen LogP) is 2.71. The molecule has 0 amide bonds. The minimum absolute atomic E-state index is 0.490. The summed E-state index contributed by atoms with van der Waals surface area (Å²) in [5.41, 5.74) is 1.02. The first-order valence-corrected chi connectivity index (χ1v) is 5.71. The molecular formula is C14H16N2O2. The van der Waals surface area contributed by atoms with Gasteiger partial charge in [0, 0.05) is 24.9 Å². The zero-order valence-corrected chi connectivity index (χ0v) is 10.5. The van der Waals surface area contributed by atoms with Gasteiger partial charge in [-0.25, -0.2) is 4.98 Å². The Bertz CT molecular complexity index is 497. The molecule has 4 nitrogen and oxygen atoms in total. The molecule has 1 heterocycles. The van der Waals surface area contributed by atoms with Gasteiger partial charge in [0.2, 0.25) is 0 Å². The quantitative estimate of drug-likeness (QED) is 0.878. The fraction of sp³-hybridized carbons (Fsp3) is 0.214. The Morgan fingerprint density at radius 1 is 1.17 bits per heavy atom. The van der Waals surface area contributed by atoms with Crippen molar-refractivity contribution in [3.63, 3.8) is 0 Å². The van der Waals surface area contributed by atoms with Gasteiger partial charge in [-0.1, -0.05) is 12.1 Å². The third-order valence-electron chi connectivity index (χ3n) is 2.53. The van der Waals surface area contributed by atoms with Gasteiger partial charge >= 0.3 is 0 Å². The molecule has 0 unspecified atom stereocenters. The summed E-state index contributed by atoms with van der Waals surface area (Å²) in [6.07, 6.45) is 1.80. The van der Waals surface area contributed by atoms with E-state index in [-0.39, 0.29) is 0 Å². The lowest BCUT2D eigenvalue weighted by molar-refractivity contribution is 0.303. The number of rotatable bonds is 5. The van der Waals surface area contributed by atoms with Gasteiger partial charge in [0.05, 0.1) is 7.11 Å². The highest BCUT2D eigenvalue weighted by Crippen LogP contribution is 2.19. The van der Waals surface area contributed by atoms with E-state index in [0.717, 1.165) is 22.9 Å². The first-order chi connectivity index (χ1) is 8.81. The van der Waals surface area contributed by atoms with Crippen molar-refractivity contribution in [2.24, 2.45) is 0 Å². The summed E-state index contributed by atoms with van der Waals surface area (Å²) in [5.74, 6) is 2.42. The molecule has 0 bridgehead atoms. The number of aromatic nitrogens is 1. The standard InChI is InChI=1S/C14H16N2O2/c1-15-14-7-6-11(9-16-14)10-18-13-5-3-4-12(8-13)17-2/h3-9H,10H2,1-2H3,(H,15,16). The number of ether oxygens (including phenoxy) is 2. The molecule has 1 aromatic carbocycles. The fourth-order valence-corrected chi connectivity index (χ4v) is 1.52. The number of nitrogens with zero attached hydrogens (tertiary/aromatic N) is 1. The van der Waals surface area contributed by atoms with Crippen molar-refractivity contribution in [1.29, 1.82) is 0 Å². The maximum absolute atomic E-state index is 5.67. The van der Waals surface area contributed by atoms with Crippen molar-refractivity contribution in [2.75, 3.05) is 19.5 Å². The second-order valence-electron chi connectivity index (χ2n) is 3.77. The summed E-state index contributed by atoms with van der Waals surface area (Å²) in [4.78, 5) is 4.23. The van der Waals surface area contributed by atoms with Gasteiger partial charge in [-0.05, 0) is 18.2 Å². The highest BCUT2D eigenvalue weighted by atomic mass is 16.5. The average molecular weight is 244 g/mol. The van der Waals surface area contributed by atoms with Crippen LogP contribution in [0.15, 0.2) is 42.6 Å². The van der Waals surface area contributed by atoms with E-state index < -0.39 is 0 Å². The largest absolute Gasteiger partial charge is 0.497 e. The molecule has 0 aliphatic carbocycles. The number of methoxy groups -OCH3 is 1. The summed E-state index contributed by atoms with van der Waals surface area (Å²) in [6.45, 7) is 0.490. The number of anilines is 1. The van der Waals surface area contributed by atoms with E-state index in [9.17, 15) is 0 Å². The lowest BCUT2D eigenvalue weighted by Gasteiger charge is -2.08.